The predicted molar refractivity (Wildman–Crippen MR) is 48.4 cm³/mol. The van der Waals surface area contributed by atoms with E-state index in [-0.39, 0.29) is 0 Å². The van der Waals surface area contributed by atoms with E-state index in [2.05, 4.69) is 11.1 Å². The highest BCUT2D eigenvalue weighted by atomic mass is 16.1. The van der Waals surface area contributed by atoms with Gasteiger partial charge >= 0.3 is 0 Å². The molecule has 0 unspecified atom stereocenters. The van der Waals surface area contributed by atoms with Crippen molar-refractivity contribution in [3.05, 3.63) is 28.8 Å². The molecule has 0 amide bonds. The number of nitriles is 1. The van der Waals surface area contributed by atoms with Gasteiger partial charge in [-0.25, -0.2) is 4.79 Å². The largest absolute Gasteiger partial charge is 0.240 e. The first-order valence-corrected chi connectivity index (χ1v) is 3.79. The molecule has 3 heteroatoms. The van der Waals surface area contributed by atoms with Crippen LogP contribution in [0.2, 0.25) is 0 Å². The maximum absolute atomic E-state index is 10.0. The van der Waals surface area contributed by atoms with E-state index < -0.39 is 0 Å². The monoisotopic (exact) mass is 172 g/mol. The topological polar surface area (TPSA) is 53.2 Å². The molecule has 13 heavy (non-hydrogen) atoms. The van der Waals surface area contributed by atoms with Crippen LogP contribution < -0.4 is 0 Å². The lowest BCUT2D eigenvalue weighted by Gasteiger charge is -2.03. The van der Waals surface area contributed by atoms with Gasteiger partial charge in [0.2, 0.25) is 6.08 Å². The summed E-state index contributed by atoms with van der Waals surface area (Å²) in [6, 6.07) is 5.36. The van der Waals surface area contributed by atoms with E-state index in [1.54, 1.807) is 12.1 Å². The van der Waals surface area contributed by atoms with E-state index in [1.165, 1.54) is 6.08 Å². The molecule has 0 atom stereocenters. The Morgan fingerprint density at radius 1 is 1.31 bits per heavy atom. The average Bonchev–Trinajstić information content (AvgIpc) is 2.14. The van der Waals surface area contributed by atoms with Crippen LogP contribution in [0, 0.1) is 25.2 Å². The molecular weight excluding hydrogens is 164 g/mol. The number of hydrogen-bond donors (Lipinski definition) is 0. The Balaban J connectivity index is 3.41. The zero-order valence-electron chi connectivity index (χ0n) is 7.46. The molecule has 0 aliphatic carbocycles. The van der Waals surface area contributed by atoms with Gasteiger partial charge in [-0.15, -0.1) is 0 Å². The summed E-state index contributed by atoms with van der Waals surface area (Å²) in [7, 11) is 0. The molecule has 1 rings (SSSR count). The maximum Gasteiger partial charge on any atom is 0.240 e. The SMILES string of the molecule is Cc1c(C#N)ccc(N=C=O)c1C. The van der Waals surface area contributed by atoms with Gasteiger partial charge in [0.15, 0.2) is 0 Å². The van der Waals surface area contributed by atoms with E-state index >= 15 is 0 Å². The van der Waals surface area contributed by atoms with Crippen molar-refractivity contribution in [2.45, 2.75) is 13.8 Å². The zero-order valence-corrected chi connectivity index (χ0v) is 7.46. The van der Waals surface area contributed by atoms with Crippen LogP contribution in [0.15, 0.2) is 17.1 Å². The normalized spacial score (nSPS) is 8.69. The Morgan fingerprint density at radius 3 is 2.54 bits per heavy atom. The highest BCUT2D eigenvalue weighted by Crippen LogP contribution is 2.23. The minimum absolute atomic E-state index is 0.575. The molecule has 0 N–H and O–H groups in total. The van der Waals surface area contributed by atoms with E-state index in [0.717, 1.165) is 11.1 Å². The van der Waals surface area contributed by atoms with Gasteiger partial charge in [0.05, 0.1) is 17.3 Å². The molecule has 0 spiro atoms. The summed E-state index contributed by atoms with van der Waals surface area (Å²) in [5, 5.41) is 8.71. The fourth-order valence-electron chi connectivity index (χ4n) is 1.10. The number of carbonyl (C=O) groups excluding carboxylic acids is 1. The standard InChI is InChI=1S/C10H8N2O/c1-7-8(2)10(12-6-13)4-3-9(7)5-11/h3-4H,1-2H3. The van der Waals surface area contributed by atoms with Gasteiger partial charge in [0.1, 0.15) is 0 Å². The lowest BCUT2D eigenvalue weighted by atomic mass is 10.0. The molecule has 0 aromatic heterocycles. The summed E-state index contributed by atoms with van der Waals surface area (Å²) < 4.78 is 0. The quantitative estimate of drug-likeness (QED) is 0.481. The lowest BCUT2D eigenvalue weighted by Crippen LogP contribution is -1.86. The molecule has 0 fully saturated rings. The molecule has 3 nitrogen and oxygen atoms in total. The Kier molecular flexibility index (Phi) is 2.59. The van der Waals surface area contributed by atoms with Crippen LogP contribution in [0.4, 0.5) is 5.69 Å². The highest BCUT2D eigenvalue weighted by Gasteiger charge is 2.04. The molecule has 0 radical (unpaired) electrons. The molecule has 0 bridgehead atoms. The lowest BCUT2D eigenvalue weighted by molar-refractivity contribution is 0.565. The predicted octanol–water partition coefficient (Wildman–Crippen LogP) is 2.14. The molecule has 1 aromatic carbocycles. The minimum Gasteiger partial charge on any atom is -0.211 e. The maximum atomic E-state index is 10.0. The van der Waals surface area contributed by atoms with E-state index in [4.69, 9.17) is 5.26 Å². The molecule has 0 aliphatic heterocycles. The Bertz CT molecular complexity index is 423. The number of nitrogens with zero attached hydrogens (tertiary/aromatic N) is 2. The summed E-state index contributed by atoms with van der Waals surface area (Å²) in [6.45, 7) is 3.66. The van der Waals surface area contributed by atoms with Crippen molar-refractivity contribution in [1.29, 1.82) is 5.26 Å². The van der Waals surface area contributed by atoms with Crippen molar-refractivity contribution >= 4 is 11.8 Å². The van der Waals surface area contributed by atoms with Crippen LogP contribution in [-0.2, 0) is 4.79 Å². The molecule has 1 aromatic rings. The number of aliphatic imine (C=N–C) groups is 1. The number of hydrogen-bond acceptors (Lipinski definition) is 3. The summed E-state index contributed by atoms with van der Waals surface area (Å²) >= 11 is 0. The second-order valence-corrected chi connectivity index (χ2v) is 2.70. The van der Waals surface area contributed by atoms with Gasteiger partial charge in [-0.3, -0.25) is 0 Å². The van der Waals surface area contributed by atoms with Crippen molar-refractivity contribution < 1.29 is 4.79 Å². The molecule has 64 valence electrons. The van der Waals surface area contributed by atoms with Crippen LogP contribution >= 0.6 is 0 Å². The summed E-state index contributed by atoms with van der Waals surface area (Å²) in [5.74, 6) is 0. The van der Waals surface area contributed by atoms with Crippen LogP contribution in [0.5, 0.6) is 0 Å². The van der Waals surface area contributed by atoms with Crippen molar-refractivity contribution in [3.63, 3.8) is 0 Å². The van der Waals surface area contributed by atoms with Gasteiger partial charge in [0, 0.05) is 0 Å². The Labute approximate surface area is 76.3 Å². The van der Waals surface area contributed by atoms with Crippen LogP contribution in [-0.4, -0.2) is 6.08 Å². The van der Waals surface area contributed by atoms with Crippen molar-refractivity contribution in [3.8, 4) is 6.07 Å². The highest BCUT2D eigenvalue weighted by molar-refractivity contribution is 5.59. The molecule has 0 heterocycles. The van der Waals surface area contributed by atoms with Crippen LogP contribution in [0.25, 0.3) is 0 Å². The summed E-state index contributed by atoms with van der Waals surface area (Å²) in [6.07, 6.45) is 1.48. The first-order valence-electron chi connectivity index (χ1n) is 3.79. The average molecular weight is 172 g/mol. The van der Waals surface area contributed by atoms with E-state index in [1.807, 2.05) is 13.8 Å². The fourth-order valence-corrected chi connectivity index (χ4v) is 1.10. The van der Waals surface area contributed by atoms with Gasteiger partial charge in [-0.05, 0) is 37.1 Å². The first kappa shape index (κ1) is 9.18. The minimum atomic E-state index is 0.575. The fraction of sp³-hybridized carbons (Fsp3) is 0.200. The summed E-state index contributed by atoms with van der Waals surface area (Å²) in [4.78, 5) is 13.6. The van der Waals surface area contributed by atoms with Gasteiger partial charge < -0.3 is 0 Å². The third kappa shape index (κ3) is 1.64. The van der Waals surface area contributed by atoms with E-state index in [9.17, 15) is 4.79 Å². The van der Waals surface area contributed by atoms with Crippen molar-refractivity contribution in [1.82, 2.24) is 0 Å². The second-order valence-electron chi connectivity index (χ2n) is 2.70. The number of benzene rings is 1. The van der Waals surface area contributed by atoms with Crippen LogP contribution in [0.3, 0.4) is 0 Å². The van der Waals surface area contributed by atoms with E-state index in [0.29, 0.717) is 11.3 Å². The summed E-state index contributed by atoms with van der Waals surface area (Å²) in [5.41, 5.74) is 2.90. The van der Waals surface area contributed by atoms with Gasteiger partial charge in [0.25, 0.3) is 0 Å². The van der Waals surface area contributed by atoms with Crippen molar-refractivity contribution in [2.75, 3.05) is 0 Å². The molecular formula is C10H8N2O. The Morgan fingerprint density at radius 2 is 2.00 bits per heavy atom. The second kappa shape index (κ2) is 3.66. The number of rotatable bonds is 1. The van der Waals surface area contributed by atoms with Gasteiger partial charge in [-0.2, -0.15) is 10.3 Å². The third-order valence-corrected chi connectivity index (χ3v) is 2.05. The van der Waals surface area contributed by atoms with Crippen LogP contribution in [0.1, 0.15) is 16.7 Å². The number of isocyanates is 1. The van der Waals surface area contributed by atoms with Crippen molar-refractivity contribution in [2.24, 2.45) is 4.99 Å². The third-order valence-electron chi connectivity index (χ3n) is 2.05. The Hall–Kier alpha value is -1.91. The first-order chi connectivity index (χ1) is 6.20. The molecule has 0 saturated heterocycles. The zero-order chi connectivity index (χ0) is 9.84. The van der Waals surface area contributed by atoms with Gasteiger partial charge in [-0.1, -0.05) is 0 Å². The smallest absolute Gasteiger partial charge is 0.211 e. The molecule has 0 aliphatic rings. The molecule has 0 saturated carbocycles.